The molecule has 0 radical (unpaired) electrons. The van der Waals surface area contributed by atoms with Crippen LogP contribution in [0.5, 0.6) is 0 Å². The minimum atomic E-state index is -0.208. The number of carbonyl (C=O) groups excluding carboxylic acids is 1. The topological polar surface area (TPSA) is 29.5 Å². The predicted octanol–water partition coefficient (Wildman–Crippen LogP) is 2.95. The fourth-order valence-corrected chi connectivity index (χ4v) is 2.40. The van der Waals surface area contributed by atoms with E-state index in [0.717, 1.165) is 25.2 Å². The first-order valence-corrected chi connectivity index (χ1v) is 7.13. The molecule has 1 aliphatic rings. The first-order chi connectivity index (χ1) is 9.16. The molecule has 2 rings (SSSR count). The van der Waals surface area contributed by atoms with Gasteiger partial charge in [0.1, 0.15) is 6.61 Å². The lowest BCUT2D eigenvalue weighted by atomic mass is 10.1. The number of hydrogen-bond donors (Lipinski definition) is 0. The molecule has 1 heterocycles. The molecule has 0 amide bonds. The summed E-state index contributed by atoms with van der Waals surface area (Å²) >= 11 is 0. The third kappa shape index (κ3) is 4.06. The summed E-state index contributed by atoms with van der Waals surface area (Å²) in [5, 5.41) is 0. The van der Waals surface area contributed by atoms with E-state index in [0.29, 0.717) is 12.2 Å². The highest BCUT2D eigenvalue weighted by Gasteiger charge is 2.12. The van der Waals surface area contributed by atoms with E-state index in [1.165, 1.54) is 24.8 Å². The highest BCUT2D eigenvalue weighted by molar-refractivity contribution is 5.89. The molecule has 1 aliphatic heterocycles. The van der Waals surface area contributed by atoms with Crippen LogP contribution in [-0.4, -0.2) is 37.1 Å². The number of benzene rings is 1. The molecule has 1 fully saturated rings. The van der Waals surface area contributed by atoms with Crippen molar-refractivity contribution >= 4 is 5.97 Å². The smallest absolute Gasteiger partial charge is 0.338 e. The van der Waals surface area contributed by atoms with Gasteiger partial charge in [-0.05, 0) is 63.0 Å². The van der Waals surface area contributed by atoms with E-state index in [1.54, 1.807) is 0 Å². The van der Waals surface area contributed by atoms with Crippen molar-refractivity contribution in [2.45, 2.75) is 33.1 Å². The van der Waals surface area contributed by atoms with Gasteiger partial charge in [-0.15, -0.1) is 0 Å². The van der Waals surface area contributed by atoms with Crippen molar-refractivity contribution in [1.82, 2.24) is 4.90 Å². The summed E-state index contributed by atoms with van der Waals surface area (Å²) < 4.78 is 5.35. The van der Waals surface area contributed by atoms with Gasteiger partial charge in [0.05, 0.1) is 5.56 Å². The number of nitrogens with zero attached hydrogens (tertiary/aromatic N) is 1. The van der Waals surface area contributed by atoms with E-state index in [2.05, 4.69) is 4.90 Å². The molecule has 0 N–H and O–H groups in total. The van der Waals surface area contributed by atoms with Crippen molar-refractivity contribution in [3.05, 3.63) is 34.9 Å². The Morgan fingerprint density at radius 1 is 1.16 bits per heavy atom. The van der Waals surface area contributed by atoms with Crippen molar-refractivity contribution in [2.75, 3.05) is 26.2 Å². The maximum Gasteiger partial charge on any atom is 0.338 e. The van der Waals surface area contributed by atoms with Crippen LogP contribution in [0.4, 0.5) is 0 Å². The number of aryl methyl sites for hydroxylation is 2. The molecule has 0 spiro atoms. The molecular formula is C16H23NO2. The first kappa shape index (κ1) is 14.1. The van der Waals surface area contributed by atoms with Gasteiger partial charge < -0.3 is 4.74 Å². The molecular weight excluding hydrogens is 238 g/mol. The molecule has 19 heavy (non-hydrogen) atoms. The summed E-state index contributed by atoms with van der Waals surface area (Å²) in [4.78, 5) is 14.3. The maximum absolute atomic E-state index is 11.9. The van der Waals surface area contributed by atoms with Gasteiger partial charge >= 0.3 is 5.97 Å². The van der Waals surface area contributed by atoms with Gasteiger partial charge in [-0.2, -0.15) is 0 Å². The van der Waals surface area contributed by atoms with Crippen molar-refractivity contribution in [3.8, 4) is 0 Å². The molecule has 1 saturated heterocycles. The van der Waals surface area contributed by atoms with Crippen molar-refractivity contribution in [2.24, 2.45) is 0 Å². The molecule has 0 aromatic heterocycles. The van der Waals surface area contributed by atoms with Gasteiger partial charge in [-0.25, -0.2) is 4.79 Å². The average Bonchev–Trinajstić information content (AvgIpc) is 2.43. The van der Waals surface area contributed by atoms with E-state index in [4.69, 9.17) is 4.74 Å². The summed E-state index contributed by atoms with van der Waals surface area (Å²) in [6.45, 7) is 7.69. The lowest BCUT2D eigenvalue weighted by molar-refractivity contribution is 0.0452. The van der Waals surface area contributed by atoms with E-state index >= 15 is 0 Å². The van der Waals surface area contributed by atoms with Gasteiger partial charge in [0.25, 0.3) is 0 Å². The molecule has 1 aromatic rings. The second-order valence-electron chi connectivity index (χ2n) is 5.34. The first-order valence-electron chi connectivity index (χ1n) is 7.13. The summed E-state index contributed by atoms with van der Waals surface area (Å²) in [7, 11) is 0. The molecule has 1 aromatic carbocycles. The van der Waals surface area contributed by atoms with Crippen LogP contribution in [0, 0.1) is 13.8 Å². The van der Waals surface area contributed by atoms with E-state index in [9.17, 15) is 4.79 Å². The Balaban J connectivity index is 1.78. The standard InChI is InChI=1S/C16H23NO2/c1-13-6-7-15(12-14(13)2)16(18)19-11-10-17-8-4-3-5-9-17/h6-7,12H,3-5,8-11H2,1-2H3. The molecule has 0 bridgehead atoms. The number of piperidine rings is 1. The molecule has 104 valence electrons. The Labute approximate surface area is 115 Å². The molecule has 3 heteroatoms. The van der Waals surface area contributed by atoms with Gasteiger partial charge in [-0.1, -0.05) is 12.5 Å². The molecule has 3 nitrogen and oxygen atoms in total. The maximum atomic E-state index is 11.9. The van der Waals surface area contributed by atoms with Gasteiger partial charge in [-0.3, -0.25) is 4.90 Å². The molecule has 0 atom stereocenters. The van der Waals surface area contributed by atoms with Crippen molar-refractivity contribution in [3.63, 3.8) is 0 Å². The lowest BCUT2D eigenvalue weighted by Crippen LogP contribution is -2.33. The van der Waals surface area contributed by atoms with Crippen LogP contribution in [0.25, 0.3) is 0 Å². The summed E-state index contributed by atoms with van der Waals surface area (Å²) in [5.41, 5.74) is 2.98. The fraction of sp³-hybridized carbons (Fsp3) is 0.562. The van der Waals surface area contributed by atoms with Gasteiger partial charge in [0.2, 0.25) is 0 Å². The fourth-order valence-electron chi connectivity index (χ4n) is 2.40. The monoisotopic (exact) mass is 261 g/mol. The number of hydrogen-bond acceptors (Lipinski definition) is 3. The van der Waals surface area contributed by atoms with Crippen LogP contribution < -0.4 is 0 Å². The second kappa shape index (κ2) is 6.71. The van der Waals surface area contributed by atoms with Gasteiger partial charge in [0, 0.05) is 6.54 Å². The zero-order valence-corrected chi connectivity index (χ0v) is 11.9. The number of likely N-dealkylation sites (tertiary alicyclic amines) is 1. The van der Waals surface area contributed by atoms with Crippen LogP contribution in [-0.2, 0) is 4.74 Å². The Morgan fingerprint density at radius 2 is 1.89 bits per heavy atom. The third-order valence-electron chi connectivity index (χ3n) is 3.83. The SMILES string of the molecule is Cc1ccc(C(=O)OCCN2CCCCC2)cc1C. The van der Waals surface area contributed by atoms with Crippen LogP contribution in [0.15, 0.2) is 18.2 Å². The quantitative estimate of drug-likeness (QED) is 0.780. The van der Waals surface area contributed by atoms with Gasteiger partial charge in [0.15, 0.2) is 0 Å². The highest BCUT2D eigenvalue weighted by Crippen LogP contribution is 2.11. The van der Waals surface area contributed by atoms with Crippen LogP contribution in [0.3, 0.4) is 0 Å². The second-order valence-corrected chi connectivity index (χ2v) is 5.34. The minimum absolute atomic E-state index is 0.208. The summed E-state index contributed by atoms with van der Waals surface area (Å²) in [6.07, 6.45) is 3.87. The van der Waals surface area contributed by atoms with E-state index in [1.807, 2.05) is 32.0 Å². The Kier molecular flexibility index (Phi) is 4.97. The van der Waals surface area contributed by atoms with Crippen LogP contribution in [0.2, 0.25) is 0 Å². The van der Waals surface area contributed by atoms with Crippen LogP contribution >= 0.6 is 0 Å². The largest absolute Gasteiger partial charge is 0.461 e. The summed E-state index contributed by atoms with van der Waals surface area (Å²) in [6, 6.07) is 5.71. The average molecular weight is 261 g/mol. The van der Waals surface area contributed by atoms with Crippen molar-refractivity contribution < 1.29 is 9.53 Å². The molecule has 0 aliphatic carbocycles. The van der Waals surface area contributed by atoms with Crippen LogP contribution in [0.1, 0.15) is 40.7 Å². The van der Waals surface area contributed by atoms with E-state index < -0.39 is 0 Å². The Hall–Kier alpha value is -1.35. The zero-order chi connectivity index (χ0) is 13.7. The van der Waals surface area contributed by atoms with Crippen molar-refractivity contribution in [1.29, 1.82) is 0 Å². The number of ether oxygens (including phenoxy) is 1. The number of rotatable bonds is 4. The Morgan fingerprint density at radius 3 is 2.58 bits per heavy atom. The lowest BCUT2D eigenvalue weighted by Gasteiger charge is -2.25. The third-order valence-corrected chi connectivity index (χ3v) is 3.83. The number of esters is 1. The van der Waals surface area contributed by atoms with E-state index in [-0.39, 0.29) is 5.97 Å². The molecule has 0 saturated carbocycles. The minimum Gasteiger partial charge on any atom is -0.461 e. The predicted molar refractivity (Wildman–Crippen MR) is 76.5 cm³/mol. The Bertz CT molecular complexity index is 436. The normalized spacial score (nSPS) is 16.3. The highest BCUT2D eigenvalue weighted by atomic mass is 16.5. The summed E-state index contributed by atoms with van der Waals surface area (Å²) in [5.74, 6) is -0.208. The zero-order valence-electron chi connectivity index (χ0n) is 11.9. The number of carbonyl (C=O) groups is 1. The molecule has 0 unspecified atom stereocenters.